The molecule has 0 radical (unpaired) electrons. The van der Waals surface area contributed by atoms with E-state index in [4.69, 9.17) is 0 Å². The Morgan fingerprint density at radius 3 is 2.50 bits per heavy atom. The zero-order valence-electron chi connectivity index (χ0n) is 6.11. The summed E-state index contributed by atoms with van der Waals surface area (Å²) in [5, 5.41) is 0. The van der Waals surface area contributed by atoms with E-state index in [2.05, 4.69) is 38.8 Å². The fourth-order valence-electron chi connectivity index (χ4n) is 2.40. The minimum atomic E-state index is 0.343. The second-order valence-electron chi connectivity index (χ2n) is 3.71. The molecule has 0 bridgehead atoms. The van der Waals surface area contributed by atoms with Crippen LogP contribution in [0.5, 0.6) is 0 Å². The van der Waals surface area contributed by atoms with Gasteiger partial charge in [0, 0.05) is 0 Å². The Labute approximate surface area is 79.0 Å². The molecule has 0 heterocycles. The number of fused-ring (bicyclic) bond motifs is 1. The molecule has 0 spiro atoms. The lowest BCUT2D eigenvalue weighted by atomic mass is 9.91. The smallest absolute Gasteiger partial charge is 0.0721 e. The molecular formula is C8H12Br2. The van der Waals surface area contributed by atoms with Gasteiger partial charge in [-0.15, -0.1) is 0 Å². The van der Waals surface area contributed by atoms with Crippen LogP contribution in [0, 0.1) is 17.8 Å². The highest BCUT2D eigenvalue weighted by Gasteiger charge is 2.64. The molecule has 10 heavy (non-hydrogen) atoms. The van der Waals surface area contributed by atoms with Gasteiger partial charge in [-0.05, 0) is 24.2 Å². The summed E-state index contributed by atoms with van der Waals surface area (Å²) in [5.41, 5.74) is 0. The van der Waals surface area contributed by atoms with Crippen molar-refractivity contribution in [2.24, 2.45) is 17.8 Å². The first-order chi connectivity index (χ1) is 4.64. The van der Waals surface area contributed by atoms with Gasteiger partial charge in [-0.2, -0.15) is 0 Å². The number of rotatable bonds is 0. The minimum Gasteiger partial charge on any atom is -0.0721 e. The molecule has 0 N–H and O–H groups in total. The molecule has 58 valence electrons. The van der Waals surface area contributed by atoms with Crippen molar-refractivity contribution in [1.82, 2.24) is 0 Å². The molecule has 2 aliphatic rings. The molecule has 0 nitrogen and oxygen atoms in total. The van der Waals surface area contributed by atoms with Gasteiger partial charge in [0.15, 0.2) is 0 Å². The standard InChI is InChI=1S/C8H12Br2/c1-5-3-2-4-6-7(5)8(6,9)10/h5-7H,2-4H2,1H3/t5-,6-,7-/m1/s1. The molecule has 0 aromatic carbocycles. The third-order valence-electron chi connectivity index (χ3n) is 3.05. The van der Waals surface area contributed by atoms with Crippen molar-refractivity contribution in [1.29, 1.82) is 0 Å². The molecule has 2 fully saturated rings. The molecular weight excluding hydrogens is 256 g/mol. The van der Waals surface area contributed by atoms with Crippen LogP contribution in [-0.2, 0) is 0 Å². The fraction of sp³-hybridized carbons (Fsp3) is 1.00. The lowest BCUT2D eigenvalue weighted by Crippen LogP contribution is -2.05. The minimum absolute atomic E-state index is 0.343. The molecule has 3 atom stereocenters. The van der Waals surface area contributed by atoms with E-state index in [1.165, 1.54) is 19.3 Å². The lowest BCUT2D eigenvalue weighted by molar-refractivity contribution is 0.362. The molecule has 2 saturated carbocycles. The molecule has 0 amide bonds. The monoisotopic (exact) mass is 266 g/mol. The predicted octanol–water partition coefficient (Wildman–Crippen LogP) is 3.54. The van der Waals surface area contributed by atoms with Crippen molar-refractivity contribution in [2.75, 3.05) is 0 Å². The largest absolute Gasteiger partial charge is 0.0871 e. The number of alkyl halides is 2. The first-order valence-corrected chi connectivity index (χ1v) is 5.60. The second kappa shape index (κ2) is 2.22. The van der Waals surface area contributed by atoms with E-state index < -0.39 is 0 Å². The van der Waals surface area contributed by atoms with E-state index in [0.717, 1.165) is 17.8 Å². The average molecular weight is 268 g/mol. The van der Waals surface area contributed by atoms with Crippen LogP contribution in [0.2, 0.25) is 0 Å². The van der Waals surface area contributed by atoms with Crippen LogP contribution < -0.4 is 0 Å². The highest BCUT2D eigenvalue weighted by molar-refractivity contribution is 9.25. The molecule has 2 aliphatic carbocycles. The van der Waals surface area contributed by atoms with Crippen LogP contribution in [0.25, 0.3) is 0 Å². The number of hydrogen-bond donors (Lipinski definition) is 0. The summed E-state index contributed by atoms with van der Waals surface area (Å²) in [5.74, 6) is 2.77. The summed E-state index contributed by atoms with van der Waals surface area (Å²) in [6.45, 7) is 2.38. The van der Waals surface area contributed by atoms with Crippen LogP contribution in [0.1, 0.15) is 26.2 Å². The van der Waals surface area contributed by atoms with Gasteiger partial charge >= 0.3 is 0 Å². The van der Waals surface area contributed by atoms with E-state index in [1.807, 2.05) is 0 Å². The Morgan fingerprint density at radius 2 is 2.00 bits per heavy atom. The van der Waals surface area contributed by atoms with Gasteiger partial charge < -0.3 is 0 Å². The molecule has 0 unspecified atom stereocenters. The molecule has 0 aliphatic heterocycles. The van der Waals surface area contributed by atoms with Gasteiger partial charge in [0.1, 0.15) is 0 Å². The van der Waals surface area contributed by atoms with Crippen LogP contribution in [0.3, 0.4) is 0 Å². The normalized spacial score (nSPS) is 50.1. The van der Waals surface area contributed by atoms with E-state index in [-0.39, 0.29) is 0 Å². The van der Waals surface area contributed by atoms with Crippen LogP contribution >= 0.6 is 31.9 Å². The molecule has 0 aromatic rings. The molecule has 2 rings (SSSR count). The predicted molar refractivity (Wildman–Crippen MR) is 50.6 cm³/mol. The summed E-state index contributed by atoms with van der Waals surface area (Å²) < 4.78 is 0.343. The Balaban J connectivity index is 2.11. The lowest BCUT2D eigenvalue weighted by Gasteiger charge is -2.14. The fourth-order valence-corrected chi connectivity index (χ4v) is 4.71. The zero-order chi connectivity index (χ0) is 7.35. The van der Waals surface area contributed by atoms with Crippen molar-refractivity contribution in [3.63, 3.8) is 0 Å². The highest BCUT2D eigenvalue weighted by atomic mass is 79.9. The topological polar surface area (TPSA) is 0 Å². The van der Waals surface area contributed by atoms with E-state index in [0.29, 0.717) is 3.23 Å². The van der Waals surface area contributed by atoms with E-state index in [1.54, 1.807) is 0 Å². The van der Waals surface area contributed by atoms with Crippen LogP contribution in [-0.4, -0.2) is 3.23 Å². The van der Waals surface area contributed by atoms with E-state index >= 15 is 0 Å². The highest BCUT2D eigenvalue weighted by Crippen LogP contribution is 2.69. The first kappa shape index (κ1) is 7.60. The van der Waals surface area contributed by atoms with Gasteiger partial charge in [-0.25, -0.2) is 0 Å². The van der Waals surface area contributed by atoms with Gasteiger partial charge in [0.2, 0.25) is 0 Å². The third kappa shape index (κ3) is 0.911. The average Bonchev–Trinajstić information content (AvgIpc) is 2.38. The quantitative estimate of drug-likeness (QED) is 0.589. The van der Waals surface area contributed by atoms with Crippen LogP contribution in [0.4, 0.5) is 0 Å². The molecule has 2 heteroatoms. The Kier molecular flexibility index (Phi) is 1.69. The van der Waals surface area contributed by atoms with Crippen molar-refractivity contribution in [2.45, 2.75) is 29.4 Å². The summed E-state index contributed by atoms with van der Waals surface area (Å²) >= 11 is 7.47. The first-order valence-electron chi connectivity index (χ1n) is 4.02. The maximum Gasteiger partial charge on any atom is 0.0871 e. The summed E-state index contributed by atoms with van der Waals surface area (Å²) in [6.07, 6.45) is 4.28. The van der Waals surface area contributed by atoms with Crippen molar-refractivity contribution in [3.05, 3.63) is 0 Å². The third-order valence-corrected chi connectivity index (χ3v) is 5.28. The maximum absolute atomic E-state index is 3.74. The van der Waals surface area contributed by atoms with Crippen molar-refractivity contribution in [3.8, 4) is 0 Å². The summed E-state index contributed by atoms with van der Waals surface area (Å²) in [7, 11) is 0. The Morgan fingerprint density at radius 1 is 1.30 bits per heavy atom. The molecule has 0 saturated heterocycles. The van der Waals surface area contributed by atoms with Crippen molar-refractivity contribution >= 4 is 31.9 Å². The zero-order valence-corrected chi connectivity index (χ0v) is 9.28. The number of hydrogen-bond acceptors (Lipinski definition) is 0. The summed E-state index contributed by atoms with van der Waals surface area (Å²) in [4.78, 5) is 0. The molecule has 0 aromatic heterocycles. The van der Waals surface area contributed by atoms with Gasteiger partial charge in [0.25, 0.3) is 0 Å². The second-order valence-corrected chi connectivity index (χ2v) is 7.40. The van der Waals surface area contributed by atoms with Crippen molar-refractivity contribution < 1.29 is 0 Å². The van der Waals surface area contributed by atoms with E-state index in [9.17, 15) is 0 Å². The van der Waals surface area contributed by atoms with Gasteiger partial charge in [-0.3, -0.25) is 0 Å². The van der Waals surface area contributed by atoms with Gasteiger partial charge in [-0.1, -0.05) is 51.6 Å². The SMILES string of the molecule is C[C@@H]1CCC[C@@H]2[C@@H]1C2(Br)Br. The summed E-state index contributed by atoms with van der Waals surface area (Å²) in [6, 6.07) is 0. The number of halogens is 2. The maximum atomic E-state index is 3.74. The van der Waals surface area contributed by atoms with Gasteiger partial charge in [0.05, 0.1) is 3.23 Å². The van der Waals surface area contributed by atoms with Crippen LogP contribution in [0.15, 0.2) is 0 Å². The Hall–Kier alpha value is 0.960. The Bertz CT molecular complexity index is 153.